The highest BCUT2D eigenvalue weighted by molar-refractivity contribution is 6.04. The van der Waals surface area contributed by atoms with Crippen molar-refractivity contribution in [2.45, 2.75) is 13.1 Å². The van der Waals surface area contributed by atoms with Crippen LogP contribution in [0.15, 0.2) is 48.5 Å². The van der Waals surface area contributed by atoms with Crippen molar-refractivity contribution < 1.29 is 4.79 Å². The zero-order valence-electron chi connectivity index (χ0n) is 10.8. The molecule has 2 heterocycles. The van der Waals surface area contributed by atoms with Gasteiger partial charge in [-0.05, 0) is 17.2 Å². The fourth-order valence-corrected chi connectivity index (χ4v) is 2.75. The smallest absolute Gasteiger partial charge is 0.275 e. The molecular formula is C16H13N3O. The number of H-pyrrole nitrogens is 1. The number of carbonyl (C=O) groups is 1. The lowest BCUT2D eigenvalue weighted by molar-refractivity contribution is 0.0747. The first-order valence-corrected chi connectivity index (χ1v) is 6.62. The largest absolute Gasteiger partial charge is 0.329 e. The van der Waals surface area contributed by atoms with Crippen molar-refractivity contribution in [3.05, 3.63) is 65.4 Å². The van der Waals surface area contributed by atoms with Crippen LogP contribution >= 0.6 is 0 Å². The molecule has 0 saturated heterocycles. The average Bonchev–Trinajstić information content (AvgIpc) is 3.10. The Morgan fingerprint density at radius 1 is 1.00 bits per heavy atom. The molecule has 0 saturated carbocycles. The van der Waals surface area contributed by atoms with Gasteiger partial charge in [0.25, 0.3) is 5.91 Å². The molecule has 4 heteroatoms. The van der Waals surface area contributed by atoms with Crippen LogP contribution in [0.4, 0.5) is 0 Å². The Bertz CT molecular complexity index is 781. The molecule has 1 aromatic heterocycles. The van der Waals surface area contributed by atoms with Crippen LogP contribution in [-0.4, -0.2) is 21.0 Å². The van der Waals surface area contributed by atoms with Gasteiger partial charge >= 0.3 is 0 Å². The lowest BCUT2D eigenvalue weighted by Crippen LogP contribution is -2.25. The number of aromatic nitrogens is 2. The van der Waals surface area contributed by atoms with E-state index in [0.29, 0.717) is 18.8 Å². The second-order valence-corrected chi connectivity index (χ2v) is 5.05. The Hall–Kier alpha value is -2.62. The summed E-state index contributed by atoms with van der Waals surface area (Å²) in [6, 6.07) is 15.9. The zero-order valence-corrected chi connectivity index (χ0v) is 10.8. The summed E-state index contributed by atoms with van der Waals surface area (Å²) < 4.78 is 0. The molecule has 4 rings (SSSR count). The minimum absolute atomic E-state index is 0.0151. The van der Waals surface area contributed by atoms with Crippen molar-refractivity contribution in [3.63, 3.8) is 0 Å². The van der Waals surface area contributed by atoms with E-state index in [-0.39, 0.29) is 5.91 Å². The van der Waals surface area contributed by atoms with E-state index in [4.69, 9.17) is 0 Å². The van der Waals surface area contributed by atoms with E-state index in [9.17, 15) is 4.79 Å². The van der Waals surface area contributed by atoms with Crippen LogP contribution < -0.4 is 0 Å². The highest BCUT2D eigenvalue weighted by Gasteiger charge is 2.26. The molecule has 0 bridgehead atoms. The van der Waals surface area contributed by atoms with Gasteiger partial charge in [-0.25, -0.2) is 0 Å². The molecule has 0 radical (unpaired) electrons. The molecule has 20 heavy (non-hydrogen) atoms. The van der Waals surface area contributed by atoms with E-state index in [1.165, 1.54) is 11.1 Å². The van der Waals surface area contributed by atoms with E-state index in [1.807, 2.05) is 41.3 Å². The van der Waals surface area contributed by atoms with Crippen molar-refractivity contribution in [1.29, 1.82) is 0 Å². The fraction of sp³-hybridized carbons (Fsp3) is 0.125. The summed E-state index contributed by atoms with van der Waals surface area (Å²) in [6.45, 7) is 1.33. The number of hydrogen-bond acceptors (Lipinski definition) is 2. The molecule has 0 fully saturated rings. The standard InChI is InChI=1S/C16H13N3O/c20-16(15-13-7-3-4-8-14(13)17-18-15)19-9-11-5-1-2-6-12(11)10-19/h1-8H,9-10H2,(H,17,18). The first kappa shape index (κ1) is 11.2. The van der Waals surface area contributed by atoms with E-state index in [0.717, 1.165) is 10.9 Å². The van der Waals surface area contributed by atoms with Crippen molar-refractivity contribution in [2.75, 3.05) is 0 Å². The molecule has 1 aliphatic rings. The predicted octanol–water partition coefficient (Wildman–Crippen LogP) is 2.72. The third-order valence-electron chi connectivity index (χ3n) is 3.80. The molecule has 0 spiro atoms. The number of carbonyl (C=O) groups excluding carboxylic acids is 1. The van der Waals surface area contributed by atoms with Crippen molar-refractivity contribution in [3.8, 4) is 0 Å². The van der Waals surface area contributed by atoms with Gasteiger partial charge in [0, 0.05) is 18.5 Å². The average molecular weight is 263 g/mol. The summed E-state index contributed by atoms with van der Waals surface area (Å²) in [6.07, 6.45) is 0. The fourth-order valence-electron chi connectivity index (χ4n) is 2.75. The molecule has 4 nitrogen and oxygen atoms in total. The number of nitrogens with zero attached hydrogens (tertiary/aromatic N) is 2. The summed E-state index contributed by atoms with van der Waals surface area (Å²) in [5.41, 5.74) is 3.85. The molecule has 0 atom stereocenters. The van der Waals surface area contributed by atoms with Crippen LogP contribution in [0.5, 0.6) is 0 Å². The molecule has 3 aromatic rings. The van der Waals surface area contributed by atoms with Crippen LogP contribution in [0.25, 0.3) is 10.9 Å². The number of aromatic amines is 1. The van der Waals surface area contributed by atoms with Crippen LogP contribution in [0.1, 0.15) is 21.6 Å². The van der Waals surface area contributed by atoms with Crippen molar-refractivity contribution in [2.24, 2.45) is 0 Å². The topological polar surface area (TPSA) is 49.0 Å². The van der Waals surface area contributed by atoms with Crippen LogP contribution in [0.3, 0.4) is 0 Å². The van der Waals surface area contributed by atoms with Crippen LogP contribution in [0, 0.1) is 0 Å². The number of amides is 1. The van der Waals surface area contributed by atoms with Gasteiger partial charge < -0.3 is 4.90 Å². The maximum atomic E-state index is 12.6. The third kappa shape index (κ3) is 1.61. The first-order valence-electron chi connectivity index (χ1n) is 6.62. The number of rotatable bonds is 1. The summed E-state index contributed by atoms with van der Waals surface area (Å²) in [5, 5.41) is 7.99. The van der Waals surface area contributed by atoms with E-state index in [1.54, 1.807) is 0 Å². The lowest BCUT2D eigenvalue weighted by atomic mass is 10.1. The SMILES string of the molecule is O=C(c1n[nH]c2ccccc12)N1Cc2ccccc2C1. The minimum atomic E-state index is -0.0151. The molecule has 98 valence electrons. The van der Waals surface area contributed by atoms with Gasteiger partial charge in [0.05, 0.1) is 5.52 Å². The van der Waals surface area contributed by atoms with Crippen molar-refractivity contribution in [1.82, 2.24) is 15.1 Å². The highest BCUT2D eigenvalue weighted by Crippen LogP contribution is 2.25. The molecular weight excluding hydrogens is 250 g/mol. The summed E-state index contributed by atoms with van der Waals surface area (Å²) in [4.78, 5) is 14.5. The predicted molar refractivity (Wildman–Crippen MR) is 76.1 cm³/mol. The number of hydrogen-bond donors (Lipinski definition) is 1. The van der Waals surface area contributed by atoms with Gasteiger partial charge in [-0.1, -0.05) is 42.5 Å². The molecule has 2 aromatic carbocycles. The molecule has 1 amide bonds. The minimum Gasteiger partial charge on any atom is -0.329 e. The third-order valence-corrected chi connectivity index (χ3v) is 3.80. The van der Waals surface area contributed by atoms with Gasteiger partial charge in [0.1, 0.15) is 0 Å². The van der Waals surface area contributed by atoms with E-state index in [2.05, 4.69) is 22.3 Å². The van der Waals surface area contributed by atoms with E-state index >= 15 is 0 Å². The lowest BCUT2D eigenvalue weighted by Gasteiger charge is -2.13. The Kier molecular flexibility index (Phi) is 2.36. The summed E-state index contributed by atoms with van der Waals surface area (Å²) in [5.74, 6) is -0.0151. The second kappa shape index (κ2) is 4.20. The number of benzene rings is 2. The maximum Gasteiger partial charge on any atom is 0.275 e. The van der Waals surface area contributed by atoms with Gasteiger partial charge in [-0.3, -0.25) is 9.89 Å². The molecule has 0 unspecified atom stereocenters. The Morgan fingerprint density at radius 3 is 2.40 bits per heavy atom. The van der Waals surface area contributed by atoms with Gasteiger partial charge in [0.2, 0.25) is 0 Å². The monoisotopic (exact) mass is 263 g/mol. The zero-order chi connectivity index (χ0) is 13.5. The van der Waals surface area contributed by atoms with Gasteiger partial charge in [0.15, 0.2) is 5.69 Å². The number of fused-ring (bicyclic) bond motifs is 2. The molecule has 1 aliphatic heterocycles. The Balaban J connectivity index is 1.69. The van der Waals surface area contributed by atoms with Crippen LogP contribution in [0.2, 0.25) is 0 Å². The highest BCUT2D eigenvalue weighted by atomic mass is 16.2. The quantitative estimate of drug-likeness (QED) is 0.734. The first-order chi connectivity index (χ1) is 9.83. The Labute approximate surface area is 116 Å². The summed E-state index contributed by atoms with van der Waals surface area (Å²) in [7, 11) is 0. The van der Waals surface area contributed by atoms with Crippen molar-refractivity contribution >= 4 is 16.8 Å². The van der Waals surface area contributed by atoms with E-state index < -0.39 is 0 Å². The Morgan fingerprint density at radius 2 is 1.65 bits per heavy atom. The maximum absolute atomic E-state index is 12.6. The summed E-state index contributed by atoms with van der Waals surface area (Å²) >= 11 is 0. The van der Waals surface area contributed by atoms with Crippen LogP contribution in [-0.2, 0) is 13.1 Å². The van der Waals surface area contributed by atoms with Gasteiger partial charge in [-0.2, -0.15) is 5.10 Å². The molecule has 0 aliphatic carbocycles. The number of nitrogens with one attached hydrogen (secondary N) is 1. The second-order valence-electron chi connectivity index (χ2n) is 5.05. The number of para-hydroxylation sites is 1. The van der Waals surface area contributed by atoms with Gasteiger partial charge in [-0.15, -0.1) is 0 Å². The normalized spacial score (nSPS) is 13.7. The molecule has 1 N–H and O–H groups in total.